The lowest BCUT2D eigenvalue weighted by Crippen LogP contribution is -2.45. The molecule has 0 aliphatic carbocycles. The summed E-state index contributed by atoms with van der Waals surface area (Å²) in [4.78, 5) is 30.6. The molecule has 3 aromatic rings. The Balaban J connectivity index is 1.80. The fraction of sp³-hybridized carbons (Fsp3) is 0.400. The van der Waals surface area contributed by atoms with Crippen LogP contribution in [0.15, 0.2) is 66.9 Å². The van der Waals surface area contributed by atoms with Crippen LogP contribution in [0.2, 0.25) is 0 Å². The number of benzene rings is 2. The number of aromatic nitrogens is 1. The van der Waals surface area contributed by atoms with Gasteiger partial charge in [-0.15, -0.1) is 0 Å². The molecule has 2 aromatic carbocycles. The van der Waals surface area contributed by atoms with E-state index in [-0.39, 0.29) is 24.4 Å². The van der Waals surface area contributed by atoms with Gasteiger partial charge >= 0.3 is 0 Å². The van der Waals surface area contributed by atoms with E-state index in [2.05, 4.69) is 16.7 Å². The van der Waals surface area contributed by atoms with Gasteiger partial charge in [0.15, 0.2) is 0 Å². The molecule has 38 heavy (non-hydrogen) atoms. The summed E-state index contributed by atoms with van der Waals surface area (Å²) in [6.45, 7) is 5.99. The van der Waals surface area contributed by atoms with Crippen LogP contribution in [0.4, 0.5) is 0 Å². The maximum atomic E-state index is 13.6. The van der Waals surface area contributed by atoms with Crippen LogP contribution < -0.4 is 9.47 Å². The fourth-order valence-corrected chi connectivity index (χ4v) is 4.28. The van der Waals surface area contributed by atoms with Gasteiger partial charge in [0, 0.05) is 56.4 Å². The van der Waals surface area contributed by atoms with Gasteiger partial charge in [-0.25, -0.2) is 0 Å². The standard InChI is InChI=1S/C30H39N3O5/c1-23(2)33(21-26-13-9-14-31(26)20-24-11-7-6-8-12-24)29(34)22-32(15-10-16-36-3)30(35)25-17-27(37-4)19-28(18-25)38-5/h6-9,11-14,17-19,23H,10,15-16,20-22H2,1-5H3. The Morgan fingerprint density at radius 2 is 1.61 bits per heavy atom. The van der Waals surface area contributed by atoms with Crippen LogP contribution in [-0.2, 0) is 22.6 Å². The Morgan fingerprint density at radius 3 is 2.21 bits per heavy atom. The minimum atomic E-state index is -0.261. The Hall–Kier alpha value is -3.78. The third kappa shape index (κ3) is 7.86. The minimum Gasteiger partial charge on any atom is -0.497 e. The van der Waals surface area contributed by atoms with Gasteiger partial charge in [-0.3, -0.25) is 9.59 Å². The molecule has 2 amide bonds. The highest BCUT2D eigenvalue weighted by Gasteiger charge is 2.25. The molecule has 0 saturated heterocycles. The summed E-state index contributed by atoms with van der Waals surface area (Å²) in [5.74, 6) is 0.647. The number of amides is 2. The molecule has 1 heterocycles. The van der Waals surface area contributed by atoms with Crippen LogP contribution in [0.1, 0.15) is 41.9 Å². The van der Waals surface area contributed by atoms with Gasteiger partial charge in [-0.05, 0) is 50.1 Å². The maximum Gasteiger partial charge on any atom is 0.254 e. The SMILES string of the molecule is COCCCN(CC(=O)N(Cc1cccn1Cc1ccccc1)C(C)C)C(=O)c1cc(OC)cc(OC)c1. The Morgan fingerprint density at radius 1 is 0.921 bits per heavy atom. The largest absolute Gasteiger partial charge is 0.497 e. The summed E-state index contributed by atoms with van der Waals surface area (Å²) in [5.41, 5.74) is 2.63. The van der Waals surface area contributed by atoms with E-state index >= 15 is 0 Å². The lowest BCUT2D eigenvalue weighted by atomic mass is 10.1. The van der Waals surface area contributed by atoms with Gasteiger partial charge in [-0.1, -0.05) is 30.3 Å². The van der Waals surface area contributed by atoms with Gasteiger partial charge in [0.1, 0.15) is 18.0 Å². The zero-order chi connectivity index (χ0) is 27.5. The third-order valence-electron chi connectivity index (χ3n) is 6.38. The maximum absolute atomic E-state index is 13.6. The molecule has 3 rings (SSSR count). The summed E-state index contributed by atoms with van der Waals surface area (Å²) in [5, 5.41) is 0. The molecule has 0 radical (unpaired) electrons. The van der Waals surface area contributed by atoms with Gasteiger partial charge in [-0.2, -0.15) is 0 Å². The minimum absolute atomic E-state index is 0.0420. The number of hydrogen-bond acceptors (Lipinski definition) is 5. The van der Waals surface area contributed by atoms with Crippen molar-refractivity contribution < 1.29 is 23.8 Å². The van der Waals surface area contributed by atoms with E-state index in [9.17, 15) is 9.59 Å². The number of hydrogen-bond donors (Lipinski definition) is 0. The van der Waals surface area contributed by atoms with Gasteiger partial charge in [0.25, 0.3) is 5.91 Å². The highest BCUT2D eigenvalue weighted by molar-refractivity contribution is 5.97. The normalized spacial score (nSPS) is 10.9. The number of methoxy groups -OCH3 is 3. The van der Waals surface area contributed by atoms with E-state index in [4.69, 9.17) is 14.2 Å². The third-order valence-corrected chi connectivity index (χ3v) is 6.38. The molecule has 8 heteroatoms. The van der Waals surface area contributed by atoms with Crippen molar-refractivity contribution in [3.8, 4) is 11.5 Å². The first kappa shape index (κ1) is 28.8. The number of rotatable bonds is 14. The first-order valence-corrected chi connectivity index (χ1v) is 12.8. The average molecular weight is 522 g/mol. The first-order valence-electron chi connectivity index (χ1n) is 12.8. The van der Waals surface area contributed by atoms with Crippen LogP contribution >= 0.6 is 0 Å². The molecule has 0 N–H and O–H groups in total. The highest BCUT2D eigenvalue weighted by atomic mass is 16.5. The van der Waals surface area contributed by atoms with E-state index in [1.165, 1.54) is 19.8 Å². The summed E-state index contributed by atoms with van der Waals surface area (Å²) < 4.78 is 18.0. The molecular weight excluding hydrogens is 482 g/mol. The summed E-state index contributed by atoms with van der Waals surface area (Å²) in [7, 11) is 4.70. The molecule has 0 aliphatic rings. The Labute approximate surface area is 225 Å². The second kappa shape index (κ2) is 14.2. The Bertz CT molecular complexity index is 1150. The van der Waals surface area contributed by atoms with Crippen molar-refractivity contribution in [1.82, 2.24) is 14.4 Å². The second-order valence-electron chi connectivity index (χ2n) is 9.40. The van der Waals surface area contributed by atoms with Gasteiger partial charge in [0.05, 0.1) is 20.8 Å². The van der Waals surface area contributed by atoms with Crippen LogP contribution in [0.5, 0.6) is 11.5 Å². The Kier molecular flexibility index (Phi) is 10.8. The van der Waals surface area contributed by atoms with Crippen molar-refractivity contribution in [2.24, 2.45) is 0 Å². The van der Waals surface area contributed by atoms with Crippen molar-refractivity contribution in [1.29, 1.82) is 0 Å². The topological polar surface area (TPSA) is 73.2 Å². The van der Waals surface area contributed by atoms with Crippen molar-refractivity contribution in [2.75, 3.05) is 41.0 Å². The lowest BCUT2D eigenvalue weighted by molar-refractivity contribution is -0.134. The van der Waals surface area contributed by atoms with E-state index < -0.39 is 0 Å². The van der Waals surface area contributed by atoms with E-state index in [1.54, 1.807) is 30.2 Å². The molecule has 1 aromatic heterocycles. The molecule has 0 unspecified atom stereocenters. The molecule has 204 valence electrons. The molecular formula is C30H39N3O5. The predicted molar refractivity (Wildman–Crippen MR) is 148 cm³/mol. The summed E-state index contributed by atoms with van der Waals surface area (Å²) >= 11 is 0. The monoisotopic (exact) mass is 521 g/mol. The summed E-state index contributed by atoms with van der Waals surface area (Å²) in [6, 6.07) is 19.3. The van der Waals surface area contributed by atoms with Crippen LogP contribution in [0.25, 0.3) is 0 Å². The quantitative estimate of drug-likeness (QED) is 0.293. The number of ether oxygens (including phenoxy) is 3. The van der Waals surface area contributed by atoms with Crippen molar-refractivity contribution in [3.63, 3.8) is 0 Å². The molecule has 0 spiro atoms. The van der Waals surface area contributed by atoms with Crippen molar-refractivity contribution in [3.05, 3.63) is 83.7 Å². The zero-order valence-electron chi connectivity index (χ0n) is 23.1. The molecule has 0 aliphatic heterocycles. The van der Waals surface area contributed by atoms with E-state index in [0.717, 1.165) is 12.2 Å². The van der Waals surface area contributed by atoms with E-state index in [1.807, 2.05) is 55.3 Å². The lowest BCUT2D eigenvalue weighted by Gasteiger charge is -2.31. The number of carbonyl (C=O) groups excluding carboxylic acids is 2. The fourth-order valence-electron chi connectivity index (χ4n) is 4.28. The van der Waals surface area contributed by atoms with Crippen molar-refractivity contribution in [2.45, 2.75) is 39.4 Å². The molecule has 0 saturated carbocycles. The van der Waals surface area contributed by atoms with Crippen LogP contribution in [-0.4, -0.2) is 73.2 Å². The molecule has 0 atom stereocenters. The molecule has 0 bridgehead atoms. The predicted octanol–water partition coefficient (Wildman–Crippen LogP) is 4.47. The number of carbonyl (C=O) groups is 2. The molecule has 8 nitrogen and oxygen atoms in total. The van der Waals surface area contributed by atoms with Gasteiger partial charge < -0.3 is 28.6 Å². The number of nitrogens with zero attached hydrogens (tertiary/aromatic N) is 3. The van der Waals surface area contributed by atoms with Crippen LogP contribution in [0, 0.1) is 0 Å². The zero-order valence-corrected chi connectivity index (χ0v) is 23.1. The highest BCUT2D eigenvalue weighted by Crippen LogP contribution is 2.24. The summed E-state index contributed by atoms with van der Waals surface area (Å²) in [6.07, 6.45) is 2.64. The average Bonchev–Trinajstić information content (AvgIpc) is 3.37. The van der Waals surface area contributed by atoms with Gasteiger partial charge in [0.2, 0.25) is 5.91 Å². The van der Waals surface area contributed by atoms with Crippen molar-refractivity contribution >= 4 is 11.8 Å². The second-order valence-corrected chi connectivity index (χ2v) is 9.40. The van der Waals surface area contributed by atoms with E-state index in [0.29, 0.717) is 43.2 Å². The molecule has 0 fully saturated rings. The smallest absolute Gasteiger partial charge is 0.254 e. The van der Waals surface area contributed by atoms with Crippen LogP contribution in [0.3, 0.4) is 0 Å². The first-order chi connectivity index (χ1) is 18.4.